The Kier molecular flexibility index (Phi) is 11.5. The summed E-state index contributed by atoms with van der Waals surface area (Å²) in [6.45, 7) is 2.16. The summed E-state index contributed by atoms with van der Waals surface area (Å²) in [5.74, 6) is -0.0831. The number of aliphatic hydroxyl groups is 2. The Labute approximate surface area is 153 Å². The van der Waals surface area contributed by atoms with Crippen LogP contribution in [0.2, 0.25) is 0 Å². The van der Waals surface area contributed by atoms with E-state index in [1.807, 2.05) is 12.2 Å². The van der Waals surface area contributed by atoms with Gasteiger partial charge in [0.1, 0.15) is 0 Å². The standard InChI is InChI=1S/C21H36O4/c1-3-4-7-11-18(22)14-15-19-17(13-16-20(19)23)10-8-5-6-9-12-21(24)25-2/h13-15,18-20,22-23H,3-12,16H2,1-2H3/t18-,19+,20+/m0/s1. The van der Waals surface area contributed by atoms with Crippen LogP contribution in [-0.4, -0.2) is 35.5 Å². The topological polar surface area (TPSA) is 66.8 Å². The summed E-state index contributed by atoms with van der Waals surface area (Å²) in [4.78, 5) is 11.1. The first-order valence-electron chi connectivity index (χ1n) is 9.88. The third-order valence-corrected chi connectivity index (χ3v) is 4.93. The number of aliphatic hydroxyl groups excluding tert-OH is 2. The Balaban J connectivity index is 2.27. The van der Waals surface area contributed by atoms with Crippen LogP contribution in [0.5, 0.6) is 0 Å². The van der Waals surface area contributed by atoms with Crippen molar-refractivity contribution in [3.05, 3.63) is 23.8 Å². The number of methoxy groups -OCH3 is 1. The van der Waals surface area contributed by atoms with Crippen LogP contribution in [0.15, 0.2) is 23.8 Å². The molecule has 0 saturated carbocycles. The van der Waals surface area contributed by atoms with Gasteiger partial charge in [-0.2, -0.15) is 0 Å². The molecular weight excluding hydrogens is 316 g/mol. The van der Waals surface area contributed by atoms with Gasteiger partial charge in [0, 0.05) is 12.3 Å². The Morgan fingerprint density at radius 1 is 1.28 bits per heavy atom. The van der Waals surface area contributed by atoms with Crippen LogP contribution in [-0.2, 0) is 9.53 Å². The maximum atomic E-state index is 11.1. The summed E-state index contributed by atoms with van der Waals surface area (Å²) in [6.07, 6.45) is 15.7. The van der Waals surface area contributed by atoms with E-state index in [1.54, 1.807) is 0 Å². The SMILES string of the molecule is CCCCC[C@H](O)C=C[C@@H]1C(CCCCCCC(=O)OC)=CC[C@H]1O. The van der Waals surface area contributed by atoms with Crippen LogP contribution in [0.3, 0.4) is 0 Å². The monoisotopic (exact) mass is 352 g/mol. The lowest BCUT2D eigenvalue weighted by Crippen LogP contribution is -2.15. The molecule has 0 fully saturated rings. The molecule has 1 rings (SSSR count). The maximum Gasteiger partial charge on any atom is 0.305 e. The number of rotatable bonds is 13. The lowest BCUT2D eigenvalue weighted by atomic mass is 9.93. The first-order chi connectivity index (χ1) is 12.1. The molecule has 3 atom stereocenters. The highest BCUT2D eigenvalue weighted by Gasteiger charge is 2.25. The normalized spacial score (nSPS) is 21.5. The first-order valence-corrected chi connectivity index (χ1v) is 9.88. The second kappa shape index (κ2) is 13.1. The summed E-state index contributed by atoms with van der Waals surface area (Å²) in [6, 6.07) is 0. The minimum Gasteiger partial charge on any atom is -0.469 e. The molecule has 0 unspecified atom stereocenters. The van der Waals surface area contributed by atoms with Gasteiger partial charge in [0.05, 0.1) is 19.3 Å². The molecule has 0 amide bonds. The lowest BCUT2D eigenvalue weighted by Gasteiger charge is -2.16. The molecule has 2 N–H and O–H groups in total. The van der Waals surface area contributed by atoms with Gasteiger partial charge in [-0.3, -0.25) is 4.79 Å². The summed E-state index contributed by atoms with van der Waals surface area (Å²) in [7, 11) is 1.43. The number of hydrogen-bond acceptors (Lipinski definition) is 4. The quantitative estimate of drug-likeness (QED) is 0.294. The zero-order valence-corrected chi connectivity index (χ0v) is 16.0. The van der Waals surface area contributed by atoms with E-state index in [0.29, 0.717) is 12.8 Å². The summed E-state index contributed by atoms with van der Waals surface area (Å²) in [5.41, 5.74) is 1.29. The minimum atomic E-state index is -0.404. The van der Waals surface area contributed by atoms with Crippen molar-refractivity contribution in [3.63, 3.8) is 0 Å². The van der Waals surface area contributed by atoms with Crippen molar-refractivity contribution in [1.82, 2.24) is 0 Å². The van der Waals surface area contributed by atoms with E-state index < -0.39 is 6.10 Å². The molecular formula is C21H36O4. The van der Waals surface area contributed by atoms with Gasteiger partial charge in [-0.25, -0.2) is 0 Å². The van der Waals surface area contributed by atoms with E-state index >= 15 is 0 Å². The van der Waals surface area contributed by atoms with E-state index in [4.69, 9.17) is 0 Å². The van der Waals surface area contributed by atoms with Crippen molar-refractivity contribution >= 4 is 5.97 Å². The van der Waals surface area contributed by atoms with Crippen molar-refractivity contribution in [3.8, 4) is 0 Å². The van der Waals surface area contributed by atoms with Crippen LogP contribution in [0.25, 0.3) is 0 Å². The second-order valence-electron chi connectivity index (χ2n) is 7.05. The average molecular weight is 353 g/mol. The van der Waals surface area contributed by atoms with Crippen molar-refractivity contribution in [2.75, 3.05) is 7.11 Å². The number of hydrogen-bond donors (Lipinski definition) is 2. The molecule has 1 aliphatic rings. The van der Waals surface area contributed by atoms with Crippen LogP contribution >= 0.6 is 0 Å². The molecule has 4 heteroatoms. The van der Waals surface area contributed by atoms with Crippen molar-refractivity contribution in [1.29, 1.82) is 0 Å². The molecule has 0 aliphatic heterocycles. The Morgan fingerprint density at radius 3 is 2.76 bits per heavy atom. The fraction of sp³-hybridized carbons (Fsp3) is 0.762. The van der Waals surface area contributed by atoms with E-state index in [-0.39, 0.29) is 18.0 Å². The van der Waals surface area contributed by atoms with Crippen LogP contribution in [0.1, 0.15) is 77.6 Å². The number of ether oxygens (including phenoxy) is 1. The predicted octanol–water partition coefficient (Wildman–Crippen LogP) is 4.30. The number of carbonyl (C=O) groups is 1. The number of esters is 1. The van der Waals surface area contributed by atoms with E-state index in [9.17, 15) is 15.0 Å². The van der Waals surface area contributed by atoms with Gasteiger partial charge in [-0.15, -0.1) is 0 Å². The summed E-state index contributed by atoms with van der Waals surface area (Å²) < 4.78 is 4.64. The summed E-state index contributed by atoms with van der Waals surface area (Å²) in [5, 5.41) is 20.2. The second-order valence-corrected chi connectivity index (χ2v) is 7.05. The molecule has 0 saturated heterocycles. The smallest absolute Gasteiger partial charge is 0.305 e. The molecule has 0 aromatic carbocycles. The fourth-order valence-electron chi connectivity index (χ4n) is 3.32. The van der Waals surface area contributed by atoms with Crippen LogP contribution in [0.4, 0.5) is 0 Å². The molecule has 0 bridgehead atoms. The van der Waals surface area contributed by atoms with Gasteiger partial charge in [-0.05, 0) is 32.1 Å². The van der Waals surface area contributed by atoms with Gasteiger partial charge >= 0.3 is 5.97 Å². The Morgan fingerprint density at radius 2 is 2.04 bits per heavy atom. The van der Waals surface area contributed by atoms with Gasteiger partial charge < -0.3 is 14.9 Å². The zero-order chi connectivity index (χ0) is 18.5. The molecule has 0 heterocycles. The van der Waals surface area contributed by atoms with Crippen molar-refractivity contribution < 1.29 is 19.7 Å². The molecule has 0 spiro atoms. The molecule has 1 aliphatic carbocycles. The average Bonchev–Trinajstić information content (AvgIpc) is 2.96. The van der Waals surface area contributed by atoms with Gasteiger partial charge in [0.15, 0.2) is 0 Å². The fourth-order valence-corrected chi connectivity index (χ4v) is 3.32. The van der Waals surface area contributed by atoms with Gasteiger partial charge in [-0.1, -0.05) is 62.8 Å². The lowest BCUT2D eigenvalue weighted by molar-refractivity contribution is -0.140. The highest BCUT2D eigenvalue weighted by atomic mass is 16.5. The Bertz CT molecular complexity index is 428. The van der Waals surface area contributed by atoms with E-state index in [1.165, 1.54) is 12.7 Å². The Hall–Kier alpha value is -1.13. The van der Waals surface area contributed by atoms with Crippen molar-refractivity contribution in [2.45, 2.75) is 89.8 Å². The van der Waals surface area contributed by atoms with Crippen LogP contribution in [0, 0.1) is 5.92 Å². The molecule has 144 valence electrons. The first kappa shape index (κ1) is 21.9. The van der Waals surface area contributed by atoms with E-state index in [2.05, 4.69) is 17.7 Å². The predicted molar refractivity (Wildman–Crippen MR) is 101 cm³/mol. The summed E-state index contributed by atoms with van der Waals surface area (Å²) >= 11 is 0. The highest BCUT2D eigenvalue weighted by molar-refractivity contribution is 5.68. The molecule has 0 aromatic heterocycles. The highest BCUT2D eigenvalue weighted by Crippen LogP contribution is 2.31. The van der Waals surface area contributed by atoms with Gasteiger partial charge in [0.2, 0.25) is 0 Å². The number of unbranched alkanes of at least 4 members (excludes halogenated alkanes) is 5. The third kappa shape index (κ3) is 9.22. The number of carbonyl (C=O) groups excluding carboxylic acids is 1. The molecule has 25 heavy (non-hydrogen) atoms. The third-order valence-electron chi connectivity index (χ3n) is 4.93. The van der Waals surface area contributed by atoms with Crippen LogP contribution < -0.4 is 0 Å². The van der Waals surface area contributed by atoms with E-state index in [0.717, 1.165) is 57.8 Å². The van der Waals surface area contributed by atoms with Gasteiger partial charge in [0.25, 0.3) is 0 Å². The maximum absolute atomic E-state index is 11.1. The molecule has 0 radical (unpaired) electrons. The van der Waals surface area contributed by atoms with Crippen molar-refractivity contribution in [2.24, 2.45) is 5.92 Å². The molecule has 0 aromatic rings. The minimum absolute atomic E-state index is 0.0518. The zero-order valence-electron chi connectivity index (χ0n) is 16.0. The molecule has 4 nitrogen and oxygen atoms in total. The largest absolute Gasteiger partial charge is 0.469 e.